The molecule has 9 nitrogen and oxygen atoms in total. The zero-order valence-corrected chi connectivity index (χ0v) is 21.4. The van der Waals surface area contributed by atoms with Crippen LogP contribution in [0.25, 0.3) is 33.5 Å². The van der Waals surface area contributed by atoms with Gasteiger partial charge in [0.15, 0.2) is 5.65 Å². The quantitative estimate of drug-likeness (QED) is 0.392. The molecule has 0 aliphatic carbocycles. The summed E-state index contributed by atoms with van der Waals surface area (Å²) in [5, 5.41) is 12.8. The SMILES string of the molecule is CC(C)N1CCC2(CC1)C(=O)Nc1ccc(-c3cnc4nnn(Cc5ccc6ncccc6c5)c4n3)cc12. The Kier molecular flexibility index (Phi) is 5.23. The van der Waals surface area contributed by atoms with Crippen LogP contribution in [0.15, 0.2) is 60.9 Å². The number of carbonyl (C=O) groups is 1. The van der Waals surface area contributed by atoms with Crippen molar-refractivity contribution in [2.45, 2.75) is 44.7 Å². The van der Waals surface area contributed by atoms with Crippen LogP contribution >= 0.6 is 0 Å². The molecule has 9 heteroatoms. The van der Waals surface area contributed by atoms with E-state index in [1.807, 2.05) is 24.3 Å². The van der Waals surface area contributed by atoms with Crippen molar-refractivity contribution in [2.75, 3.05) is 18.4 Å². The Bertz CT molecular complexity index is 1700. The third-order valence-electron chi connectivity index (χ3n) is 8.12. The van der Waals surface area contributed by atoms with Gasteiger partial charge in [-0.25, -0.2) is 14.6 Å². The first-order valence-corrected chi connectivity index (χ1v) is 13.1. The van der Waals surface area contributed by atoms with E-state index in [9.17, 15) is 4.79 Å². The number of fused-ring (bicyclic) bond motifs is 4. The predicted molar refractivity (Wildman–Crippen MR) is 146 cm³/mol. The molecule has 7 rings (SSSR count). The highest BCUT2D eigenvalue weighted by Crippen LogP contribution is 2.46. The molecule has 5 aromatic rings. The van der Waals surface area contributed by atoms with E-state index in [1.165, 1.54) is 0 Å². The fraction of sp³-hybridized carbons (Fsp3) is 0.310. The Morgan fingerprint density at radius 3 is 2.76 bits per heavy atom. The van der Waals surface area contributed by atoms with Crippen molar-refractivity contribution >= 4 is 33.8 Å². The van der Waals surface area contributed by atoms with Gasteiger partial charge in [0.1, 0.15) is 0 Å². The molecule has 1 fully saturated rings. The minimum atomic E-state index is -0.484. The van der Waals surface area contributed by atoms with E-state index in [4.69, 9.17) is 4.98 Å². The number of aromatic nitrogens is 6. The molecule has 0 atom stereocenters. The Morgan fingerprint density at radius 1 is 1.05 bits per heavy atom. The van der Waals surface area contributed by atoms with E-state index in [0.717, 1.165) is 64.9 Å². The lowest BCUT2D eigenvalue weighted by Crippen LogP contribution is -2.48. The van der Waals surface area contributed by atoms with Gasteiger partial charge in [0, 0.05) is 28.9 Å². The Labute approximate surface area is 219 Å². The first-order valence-electron chi connectivity index (χ1n) is 13.1. The highest BCUT2D eigenvalue weighted by Gasteiger charge is 2.48. The molecule has 0 unspecified atom stereocenters. The lowest BCUT2D eigenvalue weighted by atomic mass is 9.73. The van der Waals surface area contributed by atoms with Gasteiger partial charge >= 0.3 is 0 Å². The molecule has 0 saturated carbocycles. The van der Waals surface area contributed by atoms with Gasteiger partial charge in [-0.05, 0) is 81.2 Å². The van der Waals surface area contributed by atoms with Crippen molar-refractivity contribution in [3.8, 4) is 11.3 Å². The first-order chi connectivity index (χ1) is 18.5. The van der Waals surface area contributed by atoms with Crippen LogP contribution in [0.4, 0.5) is 5.69 Å². The number of benzene rings is 2. The third-order valence-corrected chi connectivity index (χ3v) is 8.12. The van der Waals surface area contributed by atoms with E-state index < -0.39 is 5.41 Å². The molecule has 1 amide bonds. The van der Waals surface area contributed by atoms with Crippen LogP contribution in [-0.4, -0.2) is 59.9 Å². The van der Waals surface area contributed by atoms with Crippen molar-refractivity contribution in [2.24, 2.45) is 0 Å². The number of piperidine rings is 1. The molecule has 38 heavy (non-hydrogen) atoms. The Hall–Kier alpha value is -4.24. The number of carbonyl (C=O) groups excluding carboxylic acids is 1. The lowest BCUT2D eigenvalue weighted by molar-refractivity contribution is -0.122. The molecule has 190 valence electrons. The summed E-state index contributed by atoms with van der Waals surface area (Å²) in [4.78, 5) is 29.5. The fourth-order valence-electron chi connectivity index (χ4n) is 5.89. The summed E-state index contributed by atoms with van der Waals surface area (Å²) in [6.45, 7) is 6.78. The monoisotopic (exact) mass is 504 g/mol. The van der Waals surface area contributed by atoms with Crippen molar-refractivity contribution < 1.29 is 4.79 Å². The fourth-order valence-corrected chi connectivity index (χ4v) is 5.89. The third kappa shape index (κ3) is 3.65. The Morgan fingerprint density at radius 2 is 1.92 bits per heavy atom. The average Bonchev–Trinajstić information content (AvgIpc) is 3.46. The number of rotatable bonds is 4. The topological polar surface area (TPSA) is 102 Å². The van der Waals surface area contributed by atoms with Gasteiger partial charge in [0.2, 0.25) is 11.6 Å². The smallest absolute Gasteiger partial charge is 0.235 e. The molecule has 2 aromatic carbocycles. The van der Waals surface area contributed by atoms with Gasteiger partial charge < -0.3 is 10.2 Å². The number of hydrogen-bond acceptors (Lipinski definition) is 7. The first kappa shape index (κ1) is 22.9. The average molecular weight is 505 g/mol. The van der Waals surface area contributed by atoms with Gasteiger partial charge in [0.25, 0.3) is 0 Å². The largest absolute Gasteiger partial charge is 0.325 e. The molecular formula is C29H28N8O. The second-order valence-corrected chi connectivity index (χ2v) is 10.6. The summed E-state index contributed by atoms with van der Waals surface area (Å²) in [5.41, 5.74) is 6.34. The standard InChI is InChI=1S/C29H28N8O/c1-18(2)36-12-9-29(10-13-36)22-15-21(6-8-24(22)33-28(29)38)25-16-31-26-27(32-25)37(35-34-26)17-19-5-7-23-20(14-19)4-3-11-30-23/h3-8,11,14-16,18H,9-10,12-13,17H2,1-2H3,(H,33,38). The Balaban J connectivity index is 1.22. The highest BCUT2D eigenvalue weighted by molar-refractivity contribution is 6.06. The van der Waals surface area contributed by atoms with Gasteiger partial charge in [-0.2, -0.15) is 0 Å². The maximum Gasteiger partial charge on any atom is 0.235 e. The highest BCUT2D eigenvalue weighted by atomic mass is 16.2. The van der Waals surface area contributed by atoms with Crippen LogP contribution in [0.2, 0.25) is 0 Å². The summed E-state index contributed by atoms with van der Waals surface area (Å²) in [6, 6.07) is 16.8. The van der Waals surface area contributed by atoms with Crippen molar-refractivity contribution in [1.82, 2.24) is 34.8 Å². The molecular weight excluding hydrogens is 476 g/mol. The van der Waals surface area contributed by atoms with Gasteiger partial charge in [-0.1, -0.05) is 23.4 Å². The summed E-state index contributed by atoms with van der Waals surface area (Å²) in [5.74, 6) is 0.113. The number of likely N-dealkylation sites (tertiary alicyclic amines) is 1. The second kappa shape index (κ2) is 8.66. The zero-order valence-electron chi connectivity index (χ0n) is 21.4. The molecule has 3 aromatic heterocycles. The van der Waals surface area contributed by atoms with Gasteiger partial charge in [0.05, 0.1) is 29.4 Å². The molecule has 0 bridgehead atoms. The summed E-state index contributed by atoms with van der Waals surface area (Å²) in [6.07, 6.45) is 5.17. The molecule has 1 saturated heterocycles. The van der Waals surface area contributed by atoms with E-state index in [2.05, 4.69) is 68.6 Å². The minimum Gasteiger partial charge on any atom is -0.325 e. The van der Waals surface area contributed by atoms with Gasteiger partial charge in [-0.3, -0.25) is 9.78 Å². The second-order valence-electron chi connectivity index (χ2n) is 10.6. The maximum absolute atomic E-state index is 13.2. The number of pyridine rings is 1. The predicted octanol–water partition coefficient (Wildman–Crippen LogP) is 4.18. The molecule has 1 spiro atoms. The van der Waals surface area contributed by atoms with Crippen molar-refractivity contribution in [3.63, 3.8) is 0 Å². The molecule has 1 N–H and O–H groups in total. The van der Waals surface area contributed by atoms with Crippen molar-refractivity contribution in [1.29, 1.82) is 0 Å². The van der Waals surface area contributed by atoms with Crippen LogP contribution in [-0.2, 0) is 16.8 Å². The van der Waals surface area contributed by atoms with E-state index in [0.29, 0.717) is 23.9 Å². The van der Waals surface area contributed by atoms with Gasteiger partial charge in [-0.15, -0.1) is 5.10 Å². The number of hydrogen-bond donors (Lipinski definition) is 1. The van der Waals surface area contributed by atoms with Crippen LogP contribution in [0.3, 0.4) is 0 Å². The molecule has 2 aliphatic rings. The zero-order chi connectivity index (χ0) is 25.9. The van der Waals surface area contributed by atoms with E-state index >= 15 is 0 Å². The number of anilines is 1. The normalized spacial score (nSPS) is 17.0. The van der Waals surface area contributed by atoms with E-state index in [-0.39, 0.29) is 5.91 Å². The van der Waals surface area contributed by atoms with Crippen LogP contribution in [0.5, 0.6) is 0 Å². The molecule has 2 aliphatic heterocycles. The number of amides is 1. The van der Waals surface area contributed by atoms with Crippen LogP contribution in [0.1, 0.15) is 37.8 Å². The van der Waals surface area contributed by atoms with Crippen molar-refractivity contribution in [3.05, 3.63) is 72.1 Å². The van der Waals surface area contributed by atoms with E-state index in [1.54, 1.807) is 17.1 Å². The number of nitrogens with one attached hydrogen (secondary N) is 1. The lowest BCUT2D eigenvalue weighted by Gasteiger charge is -2.39. The summed E-state index contributed by atoms with van der Waals surface area (Å²) in [7, 11) is 0. The molecule has 0 radical (unpaired) electrons. The van der Waals surface area contributed by atoms with Crippen LogP contribution in [0, 0.1) is 0 Å². The summed E-state index contributed by atoms with van der Waals surface area (Å²) >= 11 is 0. The van der Waals surface area contributed by atoms with Crippen LogP contribution < -0.4 is 5.32 Å². The number of nitrogens with zero attached hydrogens (tertiary/aromatic N) is 7. The molecule has 5 heterocycles. The summed E-state index contributed by atoms with van der Waals surface area (Å²) < 4.78 is 1.78. The minimum absolute atomic E-state index is 0.113. The maximum atomic E-state index is 13.2.